The fourth-order valence-electron chi connectivity index (χ4n) is 11.8. The highest BCUT2D eigenvalue weighted by molar-refractivity contribution is 5.87. The Morgan fingerprint density at radius 2 is 1.56 bits per heavy atom. The summed E-state index contributed by atoms with van der Waals surface area (Å²) in [7, 11) is 0. The Labute approximate surface area is 269 Å². The molecule has 4 N–H and O–H groups in total. The van der Waals surface area contributed by atoms with Crippen molar-refractivity contribution >= 4 is 11.9 Å². The third kappa shape index (κ3) is 4.44. The fraction of sp³-hybridized carbons (Fsp3) is 0.838. The van der Waals surface area contributed by atoms with Crippen LogP contribution in [0.5, 0.6) is 0 Å². The number of fused-ring (bicyclic) bond motifs is 7. The first-order valence-corrected chi connectivity index (χ1v) is 17.1. The lowest BCUT2D eigenvalue weighted by Gasteiger charge is -2.73. The highest BCUT2D eigenvalue weighted by Gasteiger charge is 2.76. The average molecular weight is 631 g/mol. The lowest BCUT2D eigenvalue weighted by atomic mass is 9.32. The summed E-state index contributed by atoms with van der Waals surface area (Å²) in [6.45, 7) is 19.2. The molecule has 0 aromatic rings. The summed E-state index contributed by atoms with van der Waals surface area (Å²) in [5.74, 6) is -1.05. The molecule has 254 valence electrons. The maximum atomic E-state index is 13.1. The van der Waals surface area contributed by atoms with Gasteiger partial charge in [0, 0.05) is 23.3 Å². The maximum absolute atomic E-state index is 13.1. The third-order valence-electron chi connectivity index (χ3n) is 14.7. The van der Waals surface area contributed by atoms with Gasteiger partial charge < -0.3 is 29.9 Å². The predicted octanol–water partition coefficient (Wildman–Crippen LogP) is 5.11. The van der Waals surface area contributed by atoms with Crippen LogP contribution in [0.4, 0.5) is 0 Å². The van der Waals surface area contributed by atoms with Gasteiger partial charge in [-0.25, -0.2) is 4.79 Å². The molecule has 4 saturated carbocycles. The Morgan fingerprint density at radius 3 is 2.13 bits per heavy atom. The summed E-state index contributed by atoms with van der Waals surface area (Å²) in [4.78, 5) is 25.8. The van der Waals surface area contributed by atoms with Crippen molar-refractivity contribution in [3.63, 3.8) is 0 Å². The van der Waals surface area contributed by atoms with Gasteiger partial charge in [0.2, 0.25) is 0 Å². The quantitative estimate of drug-likeness (QED) is 0.191. The number of hydrogen-bond donors (Lipinski definition) is 4. The highest BCUT2D eigenvalue weighted by atomic mass is 16.6. The van der Waals surface area contributed by atoms with Gasteiger partial charge in [-0.3, -0.25) is 4.79 Å². The van der Waals surface area contributed by atoms with Crippen LogP contribution in [0.3, 0.4) is 0 Å². The first-order valence-electron chi connectivity index (χ1n) is 17.1. The van der Waals surface area contributed by atoms with Gasteiger partial charge in [-0.05, 0) is 86.4 Å². The van der Waals surface area contributed by atoms with Crippen molar-refractivity contribution < 1.29 is 39.5 Å². The third-order valence-corrected chi connectivity index (χ3v) is 14.7. The van der Waals surface area contributed by atoms with Crippen LogP contribution < -0.4 is 0 Å². The van der Waals surface area contributed by atoms with E-state index in [9.17, 15) is 30.0 Å². The molecule has 5 aliphatic rings. The van der Waals surface area contributed by atoms with Crippen LogP contribution in [0.15, 0.2) is 23.3 Å². The van der Waals surface area contributed by atoms with Crippen molar-refractivity contribution in [2.75, 3.05) is 6.61 Å². The molecular formula is C37H58O8. The second kappa shape index (κ2) is 10.9. The molecule has 5 aliphatic carbocycles. The van der Waals surface area contributed by atoms with Crippen LogP contribution in [-0.4, -0.2) is 69.5 Å². The molecule has 12 atom stereocenters. The van der Waals surface area contributed by atoms with Gasteiger partial charge in [-0.2, -0.15) is 0 Å². The van der Waals surface area contributed by atoms with Gasteiger partial charge in [-0.1, -0.05) is 66.2 Å². The Morgan fingerprint density at radius 1 is 0.911 bits per heavy atom. The van der Waals surface area contributed by atoms with Gasteiger partial charge in [-0.15, -0.1) is 0 Å². The number of carbonyl (C=O) groups excluding carboxylic acids is 2. The van der Waals surface area contributed by atoms with Crippen molar-refractivity contribution in [3.8, 4) is 0 Å². The molecule has 45 heavy (non-hydrogen) atoms. The van der Waals surface area contributed by atoms with E-state index in [0.29, 0.717) is 17.9 Å². The maximum Gasteiger partial charge on any atom is 0.333 e. The van der Waals surface area contributed by atoms with Crippen LogP contribution >= 0.6 is 0 Å². The number of ether oxygens (including phenoxy) is 2. The molecular weight excluding hydrogens is 572 g/mol. The van der Waals surface area contributed by atoms with Crippen LogP contribution in [0.25, 0.3) is 0 Å². The SMILES string of the molecule is CC=C(C)C(=O)OC1C(OC(C)=O)C2(CO)C(CC1(C)C)C1=CCC3C4(C)CCC(O)C(C)(C)C4CCC3(C)C1(C)C(O)C2O. The summed E-state index contributed by atoms with van der Waals surface area (Å²) >= 11 is 0. The number of aliphatic hydroxyl groups is 4. The van der Waals surface area contributed by atoms with E-state index in [2.05, 4.69) is 40.7 Å². The average Bonchev–Trinajstić information content (AvgIpc) is 2.95. The smallest absolute Gasteiger partial charge is 0.333 e. The molecule has 8 heteroatoms. The number of carbonyl (C=O) groups is 2. The van der Waals surface area contributed by atoms with Crippen LogP contribution in [-0.2, 0) is 19.1 Å². The Kier molecular flexibility index (Phi) is 8.37. The van der Waals surface area contributed by atoms with Gasteiger partial charge >= 0.3 is 11.9 Å². The van der Waals surface area contributed by atoms with Crippen LogP contribution in [0.2, 0.25) is 0 Å². The number of aliphatic hydroxyl groups excluding tert-OH is 4. The zero-order valence-electron chi connectivity index (χ0n) is 29.1. The molecule has 0 radical (unpaired) electrons. The van der Waals surface area contributed by atoms with Gasteiger partial charge in [0.1, 0.15) is 6.10 Å². The van der Waals surface area contributed by atoms with E-state index in [-0.39, 0.29) is 28.3 Å². The minimum Gasteiger partial charge on any atom is -0.458 e. The first-order chi connectivity index (χ1) is 20.7. The summed E-state index contributed by atoms with van der Waals surface area (Å²) in [5.41, 5.74) is -2.26. The molecule has 8 nitrogen and oxygen atoms in total. The van der Waals surface area contributed by atoms with Crippen molar-refractivity contribution in [1.82, 2.24) is 0 Å². The largest absolute Gasteiger partial charge is 0.458 e. The highest BCUT2D eigenvalue weighted by Crippen LogP contribution is 2.76. The Hall–Kier alpha value is -1.74. The molecule has 5 rings (SSSR count). The van der Waals surface area contributed by atoms with E-state index in [1.165, 1.54) is 6.92 Å². The Bertz CT molecular complexity index is 1280. The minimum atomic E-state index is -1.48. The van der Waals surface area contributed by atoms with E-state index >= 15 is 0 Å². The second-order valence-electron chi connectivity index (χ2n) is 17.3. The second-order valence-corrected chi connectivity index (χ2v) is 17.3. The molecule has 0 bridgehead atoms. The number of hydrogen-bond acceptors (Lipinski definition) is 8. The van der Waals surface area contributed by atoms with Crippen molar-refractivity contribution in [2.45, 2.75) is 138 Å². The molecule has 0 spiro atoms. The molecule has 0 aliphatic heterocycles. The molecule has 0 saturated heterocycles. The number of allylic oxidation sites excluding steroid dienone is 2. The molecule has 0 amide bonds. The standard InChI is InChI=1S/C37H58O8/c1-11-20(2)31(43)45-29-30(44-21(3)39)37(19-38)23(18-32(29,4)5)22-12-13-25-34(8)16-15-26(40)33(6,7)24(34)14-17-35(25,9)36(22,10)27(41)28(37)42/h11-12,23-30,38,40-42H,13-19H2,1-10H3. The zero-order valence-corrected chi connectivity index (χ0v) is 29.1. The van der Waals surface area contributed by atoms with Crippen LogP contribution in [0.1, 0.15) is 108 Å². The molecule has 4 fully saturated rings. The molecule has 0 aromatic carbocycles. The van der Waals surface area contributed by atoms with Gasteiger partial charge in [0.15, 0.2) is 6.10 Å². The summed E-state index contributed by atoms with van der Waals surface area (Å²) in [5, 5.41) is 47.2. The monoisotopic (exact) mass is 630 g/mol. The topological polar surface area (TPSA) is 134 Å². The van der Waals surface area contributed by atoms with E-state index < -0.39 is 65.1 Å². The summed E-state index contributed by atoms with van der Waals surface area (Å²) < 4.78 is 12.1. The van der Waals surface area contributed by atoms with Crippen molar-refractivity contribution in [3.05, 3.63) is 23.3 Å². The van der Waals surface area contributed by atoms with E-state index in [0.717, 1.165) is 37.7 Å². The number of rotatable bonds is 4. The molecule has 0 heterocycles. The van der Waals surface area contributed by atoms with Gasteiger partial charge in [0.05, 0.1) is 30.3 Å². The Balaban J connectivity index is 1.67. The molecule has 12 unspecified atom stereocenters. The lowest BCUT2D eigenvalue weighted by Crippen LogP contribution is -2.76. The normalized spacial score (nSPS) is 48.5. The lowest BCUT2D eigenvalue weighted by molar-refractivity contribution is -0.292. The predicted molar refractivity (Wildman–Crippen MR) is 171 cm³/mol. The van der Waals surface area contributed by atoms with Gasteiger partial charge in [0.25, 0.3) is 0 Å². The van der Waals surface area contributed by atoms with Crippen LogP contribution in [0, 0.1) is 50.2 Å². The first kappa shape index (κ1) is 34.6. The van der Waals surface area contributed by atoms with Crippen molar-refractivity contribution in [1.29, 1.82) is 0 Å². The number of esters is 2. The summed E-state index contributed by atoms with van der Waals surface area (Å²) in [6.07, 6.45) is 3.36. The molecule has 0 aromatic heterocycles. The van der Waals surface area contributed by atoms with E-state index in [1.807, 2.05) is 13.8 Å². The van der Waals surface area contributed by atoms with E-state index in [1.54, 1.807) is 19.9 Å². The summed E-state index contributed by atoms with van der Waals surface area (Å²) in [6, 6.07) is 0. The van der Waals surface area contributed by atoms with Crippen molar-refractivity contribution in [2.24, 2.45) is 50.2 Å². The fourth-order valence-corrected chi connectivity index (χ4v) is 11.8. The van der Waals surface area contributed by atoms with E-state index in [4.69, 9.17) is 9.47 Å². The minimum absolute atomic E-state index is 0.0625. The zero-order chi connectivity index (χ0) is 33.7.